The number of carbonyl (C=O) groups is 1. The van der Waals surface area contributed by atoms with Crippen molar-refractivity contribution in [1.29, 1.82) is 0 Å². The van der Waals surface area contributed by atoms with Gasteiger partial charge in [-0.05, 0) is 56.8 Å². The summed E-state index contributed by atoms with van der Waals surface area (Å²) in [6, 6.07) is 4.89. The zero-order valence-corrected chi connectivity index (χ0v) is 14.4. The van der Waals surface area contributed by atoms with Crippen molar-refractivity contribution in [2.45, 2.75) is 37.8 Å². The number of carbonyl (C=O) groups excluding carboxylic acids is 1. The predicted octanol–water partition coefficient (Wildman–Crippen LogP) is 4.67. The second-order valence-corrected chi connectivity index (χ2v) is 7.58. The summed E-state index contributed by atoms with van der Waals surface area (Å²) in [7, 11) is 0. The molecule has 18 heavy (non-hydrogen) atoms. The molecule has 3 rings (SSSR count). The third kappa shape index (κ3) is 2.18. The zero-order chi connectivity index (χ0) is 12.9. The molecule has 2 atom stereocenters. The van der Waals surface area contributed by atoms with E-state index in [2.05, 4.69) is 64.8 Å². The summed E-state index contributed by atoms with van der Waals surface area (Å²) in [5.41, 5.74) is 1.19. The Labute approximate surface area is 131 Å². The van der Waals surface area contributed by atoms with Crippen LogP contribution in [0.15, 0.2) is 25.6 Å². The number of Topliss-reactive ketones (excluding diaryl/α,β-unsaturated/α-hetero) is 1. The highest BCUT2D eigenvalue weighted by Gasteiger charge is 2.41. The van der Waals surface area contributed by atoms with Crippen molar-refractivity contribution < 1.29 is 4.79 Å². The van der Waals surface area contributed by atoms with E-state index in [4.69, 9.17) is 0 Å². The third-order valence-corrected chi connectivity index (χ3v) is 5.45. The number of anilines is 1. The lowest BCUT2D eigenvalue weighted by Gasteiger charge is -2.37. The summed E-state index contributed by atoms with van der Waals surface area (Å²) in [6.45, 7) is 0. The highest BCUT2D eigenvalue weighted by atomic mass is 79.9. The normalized spacial score (nSPS) is 26.8. The van der Waals surface area contributed by atoms with Gasteiger partial charge in [-0.2, -0.15) is 0 Å². The molecule has 0 radical (unpaired) electrons. The van der Waals surface area contributed by atoms with Gasteiger partial charge in [0.25, 0.3) is 0 Å². The molecule has 0 aliphatic carbocycles. The standard InChI is InChI=1S/C13H12Br3NO/c14-7-3-11(15)13(12(16)4-7)17-8-1-2-9(17)6-10(18)5-8/h3-4,8-9H,1-2,5-6H2. The number of rotatable bonds is 1. The number of piperidine rings is 1. The summed E-state index contributed by atoms with van der Waals surface area (Å²) < 4.78 is 3.20. The molecule has 5 heteroatoms. The first-order chi connectivity index (χ1) is 8.56. The van der Waals surface area contributed by atoms with Gasteiger partial charge >= 0.3 is 0 Å². The molecule has 2 aliphatic heterocycles. The minimum Gasteiger partial charge on any atom is -0.363 e. The molecule has 2 saturated heterocycles. The van der Waals surface area contributed by atoms with E-state index >= 15 is 0 Å². The number of hydrogen-bond donors (Lipinski definition) is 0. The molecule has 0 amide bonds. The Hall–Kier alpha value is 0.130. The average molecular weight is 438 g/mol. The monoisotopic (exact) mass is 435 g/mol. The third-order valence-electron chi connectivity index (χ3n) is 3.79. The number of benzene rings is 1. The minimum atomic E-state index is 0.380. The highest BCUT2D eigenvalue weighted by Crippen LogP contribution is 2.45. The summed E-state index contributed by atoms with van der Waals surface area (Å²) in [5.74, 6) is 0.420. The Kier molecular flexibility index (Phi) is 3.58. The van der Waals surface area contributed by atoms with Crippen LogP contribution in [0.2, 0.25) is 0 Å². The lowest BCUT2D eigenvalue weighted by molar-refractivity contribution is -0.120. The topological polar surface area (TPSA) is 20.3 Å². The van der Waals surface area contributed by atoms with Crippen LogP contribution in [0, 0.1) is 0 Å². The lowest BCUT2D eigenvalue weighted by Crippen LogP contribution is -2.43. The molecule has 0 aromatic heterocycles. The molecule has 1 aromatic rings. The van der Waals surface area contributed by atoms with E-state index in [-0.39, 0.29) is 0 Å². The molecular weight excluding hydrogens is 426 g/mol. The molecule has 2 heterocycles. The van der Waals surface area contributed by atoms with Crippen molar-refractivity contribution in [2.24, 2.45) is 0 Å². The smallest absolute Gasteiger partial charge is 0.137 e. The summed E-state index contributed by atoms with van der Waals surface area (Å²) >= 11 is 10.8. The zero-order valence-electron chi connectivity index (χ0n) is 9.63. The lowest BCUT2D eigenvalue weighted by atomic mass is 10.0. The van der Waals surface area contributed by atoms with Crippen molar-refractivity contribution in [3.8, 4) is 0 Å². The molecule has 2 unspecified atom stereocenters. The van der Waals surface area contributed by atoms with Gasteiger partial charge in [-0.15, -0.1) is 0 Å². The van der Waals surface area contributed by atoms with Gasteiger partial charge in [0, 0.05) is 38.3 Å². The first-order valence-electron chi connectivity index (χ1n) is 6.01. The maximum Gasteiger partial charge on any atom is 0.137 e. The fraction of sp³-hybridized carbons (Fsp3) is 0.462. The van der Waals surface area contributed by atoms with Crippen molar-refractivity contribution in [1.82, 2.24) is 0 Å². The first-order valence-corrected chi connectivity index (χ1v) is 8.38. The quantitative estimate of drug-likeness (QED) is 0.636. The average Bonchev–Trinajstić information content (AvgIpc) is 2.53. The summed E-state index contributed by atoms with van der Waals surface area (Å²) in [6.07, 6.45) is 3.66. The molecule has 0 saturated carbocycles. The van der Waals surface area contributed by atoms with Crippen LogP contribution >= 0.6 is 47.8 Å². The van der Waals surface area contributed by atoms with Gasteiger partial charge in [-0.1, -0.05) is 15.9 Å². The molecule has 2 fully saturated rings. The Morgan fingerprint density at radius 3 is 2.00 bits per heavy atom. The van der Waals surface area contributed by atoms with Crippen LogP contribution in [0.4, 0.5) is 5.69 Å². The van der Waals surface area contributed by atoms with Crippen LogP contribution in [0.5, 0.6) is 0 Å². The van der Waals surface area contributed by atoms with Gasteiger partial charge in [-0.25, -0.2) is 0 Å². The number of ketones is 1. The maximum absolute atomic E-state index is 11.7. The molecule has 0 spiro atoms. The van der Waals surface area contributed by atoms with Crippen LogP contribution < -0.4 is 4.90 Å². The van der Waals surface area contributed by atoms with Gasteiger partial charge in [-0.3, -0.25) is 4.79 Å². The van der Waals surface area contributed by atoms with E-state index in [1.807, 2.05) is 0 Å². The van der Waals surface area contributed by atoms with Crippen molar-refractivity contribution in [3.63, 3.8) is 0 Å². The van der Waals surface area contributed by atoms with Crippen LogP contribution in [0.3, 0.4) is 0 Å². The summed E-state index contributed by atoms with van der Waals surface area (Å²) in [5, 5.41) is 0. The molecular formula is C13H12Br3NO. The molecule has 96 valence electrons. The summed E-state index contributed by atoms with van der Waals surface area (Å²) in [4.78, 5) is 14.1. The van der Waals surface area contributed by atoms with Crippen LogP contribution in [-0.2, 0) is 4.79 Å². The van der Waals surface area contributed by atoms with Crippen molar-refractivity contribution in [3.05, 3.63) is 25.6 Å². The van der Waals surface area contributed by atoms with E-state index in [0.29, 0.717) is 30.7 Å². The largest absolute Gasteiger partial charge is 0.363 e. The Morgan fingerprint density at radius 1 is 1.00 bits per heavy atom. The van der Waals surface area contributed by atoms with Gasteiger partial charge in [0.2, 0.25) is 0 Å². The number of fused-ring (bicyclic) bond motifs is 2. The second kappa shape index (κ2) is 4.91. The Balaban J connectivity index is 2.04. The number of nitrogens with zero attached hydrogens (tertiary/aromatic N) is 1. The van der Waals surface area contributed by atoms with Gasteiger partial charge < -0.3 is 4.90 Å². The van der Waals surface area contributed by atoms with Crippen molar-refractivity contribution >= 4 is 59.3 Å². The predicted molar refractivity (Wildman–Crippen MR) is 83.1 cm³/mol. The van der Waals surface area contributed by atoms with E-state index in [9.17, 15) is 4.79 Å². The SMILES string of the molecule is O=C1CC2CCC(C1)N2c1c(Br)cc(Br)cc1Br. The highest BCUT2D eigenvalue weighted by molar-refractivity contribution is 9.11. The van der Waals surface area contributed by atoms with Gasteiger partial charge in [0.05, 0.1) is 5.69 Å². The van der Waals surface area contributed by atoms with Crippen LogP contribution in [0.25, 0.3) is 0 Å². The number of halogens is 3. The van der Waals surface area contributed by atoms with E-state index in [1.165, 1.54) is 5.69 Å². The maximum atomic E-state index is 11.7. The molecule has 2 aliphatic rings. The van der Waals surface area contributed by atoms with Crippen molar-refractivity contribution in [2.75, 3.05) is 4.90 Å². The number of hydrogen-bond acceptors (Lipinski definition) is 2. The molecule has 0 N–H and O–H groups in total. The first kappa shape index (κ1) is 13.1. The van der Waals surface area contributed by atoms with E-state index < -0.39 is 0 Å². The molecule has 2 bridgehead atoms. The Bertz CT molecular complexity index is 478. The van der Waals surface area contributed by atoms with E-state index in [0.717, 1.165) is 26.3 Å². The molecule has 1 aromatic carbocycles. The second-order valence-electron chi connectivity index (χ2n) is 4.96. The fourth-order valence-electron chi connectivity index (χ4n) is 3.12. The van der Waals surface area contributed by atoms with E-state index in [1.54, 1.807) is 0 Å². The van der Waals surface area contributed by atoms with Crippen LogP contribution in [0.1, 0.15) is 25.7 Å². The minimum absolute atomic E-state index is 0.380. The molecule has 2 nitrogen and oxygen atoms in total. The Morgan fingerprint density at radius 2 is 1.50 bits per heavy atom. The van der Waals surface area contributed by atoms with Crippen LogP contribution in [-0.4, -0.2) is 17.9 Å². The van der Waals surface area contributed by atoms with Gasteiger partial charge in [0.1, 0.15) is 5.78 Å². The van der Waals surface area contributed by atoms with Gasteiger partial charge in [0.15, 0.2) is 0 Å². The fourth-order valence-corrected chi connectivity index (χ4v) is 5.79.